The summed E-state index contributed by atoms with van der Waals surface area (Å²) >= 11 is 0. The standard InChI is InChI=1S/C14H24O2Si3/c1-7-17(3,4)16-19(6,18(5,15)8-2)14-12-10-9-11-13-14/h7-13,15H,1-2H2,3-6H3. The average molecular weight is 309 g/mol. The Morgan fingerprint density at radius 1 is 1.00 bits per heavy atom. The zero-order valence-corrected chi connectivity index (χ0v) is 15.3. The van der Waals surface area contributed by atoms with Crippen molar-refractivity contribution in [2.24, 2.45) is 0 Å². The van der Waals surface area contributed by atoms with Crippen molar-refractivity contribution in [3.63, 3.8) is 0 Å². The van der Waals surface area contributed by atoms with Gasteiger partial charge in [0.25, 0.3) is 0 Å². The first kappa shape index (κ1) is 16.3. The molecule has 1 aromatic carbocycles. The van der Waals surface area contributed by atoms with Crippen LogP contribution in [0.3, 0.4) is 0 Å². The second-order valence-corrected chi connectivity index (χ2v) is 21.3. The van der Waals surface area contributed by atoms with E-state index in [2.05, 4.69) is 44.9 Å². The molecule has 2 unspecified atom stereocenters. The van der Waals surface area contributed by atoms with Crippen LogP contribution in [-0.2, 0) is 4.12 Å². The lowest BCUT2D eigenvalue weighted by Gasteiger charge is -2.41. The molecular formula is C14H24O2Si3. The lowest BCUT2D eigenvalue weighted by Crippen LogP contribution is -2.70. The molecule has 0 saturated carbocycles. The third-order valence-electron chi connectivity index (χ3n) is 3.65. The SMILES string of the molecule is C=C[Si](C)(C)O[Si](C)(c1ccccc1)[Si](C)(O)C=C. The number of hydrogen-bond acceptors (Lipinski definition) is 2. The van der Waals surface area contributed by atoms with Crippen molar-refractivity contribution in [1.29, 1.82) is 0 Å². The van der Waals surface area contributed by atoms with Crippen molar-refractivity contribution in [2.45, 2.75) is 26.2 Å². The summed E-state index contributed by atoms with van der Waals surface area (Å²) in [6.07, 6.45) is 0. The maximum atomic E-state index is 10.9. The normalized spacial score (nSPS) is 18.2. The van der Waals surface area contributed by atoms with Gasteiger partial charge >= 0.3 is 0 Å². The molecule has 0 aromatic heterocycles. The van der Waals surface area contributed by atoms with Crippen LogP contribution in [0.1, 0.15) is 0 Å². The van der Waals surface area contributed by atoms with Crippen LogP contribution in [0.25, 0.3) is 0 Å². The molecule has 1 rings (SSSR count). The van der Waals surface area contributed by atoms with Crippen LogP contribution in [0.4, 0.5) is 0 Å². The highest BCUT2D eigenvalue weighted by atomic mass is 29.3. The number of hydrogen-bond donors (Lipinski definition) is 1. The van der Waals surface area contributed by atoms with Gasteiger partial charge in [0.1, 0.15) is 0 Å². The lowest BCUT2D eigenvalue weighted by molar-refractivity contribution is 0.534. The van der Waals surface area contributed by atoms with E-state index in [9.17, 15) is 4.80 Å². The van der Waals surface area contributed by atoms with Crippen molar-refractivity contribution >= 4 is 29.2 Å². The molecule has 2 atom stereocenters. The maximum Gasteiger partial charge on any atom is 0.231 e. The summed E-state index contributed by atoms with van der Waals surface area (Å²) in [6.45, 7) is 16.0. The molecular weight excluding hydrogens is 284 g/mol. The summed E-state index contributed by atoms with van der Waals surface area (Å²) in [7, 11) is -7.04. The molecule has 0 spiro atoms. The van der Waals surface area contributed by atoms with E-state index in [0.717, 1.165) is 5.19 Å². The predicted octanol–water partition coefficient (Wildman–Crippen LogP) is 2.79. The first-order valence-corrected chi connectivity index (χ1v) is 15.4. The fourth-order valence-corrected chi connectivity index (χ4v) is 17.3. The van der Waals surface area contributed by atoms with E-state index >= 15 is 0 Å². The molecule has 0 bridgehead atoms. The van der Waals surface area contributed by atoms with Crippen LogP contribution in [0.15, 0.2) is 54.9 Å². The molecule has 104 valence electrons. The van der Waals surface area contributed by atoms with E-state index in [1.54, 1.807) is 5.70 Å². The minimum Gasteiger partial charge on any atom is -0.449 e. The third kappa shape index (κ3) is 3.43. The van der Waals surface area contributed by atoms with Gasteiger partial charge in [-0.15, -0.1) is 13.2 Å². The van der Waals surface area contributed by atoms with Crippen LogP contribution < -0.4 is 5.19 Å². The van der Waals surface area contributed by atoms with Gasteiger partial charge in [0.2, 0.25) is 15.7 Å². The van der Waals surface area contributed by atoms with Crippen LogP contribution >= 0.6 is 0 Å². The molecule has 19 heavy (non-hydrogen) atoms. The summed E-state index contributed by atoms with van der Waals surface area (Å²) in [4.78, 5) is 10.9. The van der Waals surface area contributed by atoms with Crippen molar-refractivity contribution in [3.8, 4) is 0 Å². The van der Waals surface area contributed by atoms with Gasteiger partial charge in [0.05, 0.1) is 0 Å². The molecule has 0 radical (unpaired) electrons. The van der Waals surface area contributed by atoms with Crippen molar-refractivity contribution < 1.29 is 8.91 Å². The van der Waals surface area contributed by atoms with Gasteiger partial charge in [-0.3, -0.25) is 0 Å². The second-order valence-electron chi connectivity index (χ2n) is 5.66. The zero-order valence-electron chi connectivity index (χ0n) is 12.3. The van der Waals surface area contributed by atoms with E-state index in [4.69, 9.17) is 4.12 Å². The van der Waals surface area contributed by atoms with E-state index in [1.165, 1.54) is 0 Å². The minimum atomic E-state index is -2.63. The van der Waals surface area contributed by atoms with Gasteiger partial charge in [-0.2, -0.15) is 0 Å². The summed E-state index contributed by atoms with van der Waals surface area (Å²) in [6, 6.07) is 10.1. The molecule has 0 aliphatic carbocycles. The van der Waals surface area contributed by atoms with E-state index in [0.29, 0.717) is 0 Å². The van der Waals surface area contributed by atoms with Crippen LogP contribution in [0.2, 0.25) is 26.2 Å². The Hall–Kier alpha value is -0.729. The highest BCUT2D eigenvalue weighted by Crippen LogP contribution is 2.24. The van der Waals surface area contributed by atoms with Gasteiger partial charge in [-0.1, -0.05) is 41.7 Å². The summed E-state index contributed by atoms with van der Waals surface area (Å²) in [5.41, 5.74) is 3.66. The molecule has 1 aromatic rings. The quantitative estimate of drug-likeness (QED) is 0.819. The zero-order chi connectivity index (χ0) is 14.7. The van der Waals surface area contributed by atoms with Crippen LogP contribution in [0.5, 0.6) is 0 Å². The van der Waals surface area contributed by atoms with Crippen molar-refractivity contribution in [1.82, 2.24) is 0 Å². The van der Waals surface area contributed by atoms with Crippen LogP contribution in [-0.4, -0.2) is 28.8 Å². The summed E-state index contributed by atoms with van der Waals surface area (Å²) in [5, 5.41) is 1.13. The fraction of sp³-hybridized carbons (Fsp3) is 0.286. The van der Waals surface area contributed by atoms with Gasteiger partial charge in [0, 0.05) is 0 Å². The third-order valence-corrected chi connectivity index (χ3v) is 20.7. The van der Waals surface area contributed by atoms with Crippen LogP contribution in [0, 0.1) is 0 Å². The summed E-state index contributed by atoms with van der Waals surface area (Å²) in [5.74, 6) is 0. The highest BCUT2D eigenvalue weighted by Gasteiger charge is 2.52. The molecule has 0 amide bonds. The molecule has 1 N–H and O–H groups in total. The van der Waals surface area contributed by atoms with Gasteiger partial charge in [-0.25, -0.2) is 0 Å². The molecule has 0 fully saturated rings. The number of rotatable bonds is 6. The average Bonchev–Trinajstić information content (AvgIpc) is 2.39. The monoisotopic (exact) mass is 308 g/mol. The molecule has 0 heterocycles. The van der Waals surface area contributed by atoms with Gasteiger partial charge in [-0.05, 0) is 31.4 Å². The van der Waals surface area contributed by atoms with E-state index in [-0.39, 0.29) is 0 Å². The first-order chi connectivity index (χ1) is 8.68. The number of benzene rings is 1. The smallest absolute Gasteiger partial charge is 0.231 e. The van der Waals surface area contributed by atoms with E-state index < -0.39 is 24.0 Å². The Bertz CT molecular complexity index is 457. The molecule has 0 aliphatic heterocycles. The maximum absolute atomic E-state index is 10.9. The Morgan fingerprint density at radius 3 is 1.95 bits per heavy atom. The van der Waals surface area contributed by atoms with Gasteiger partial charge < -0.3 is 8.91 Å². The fourth-order valence-electron chi connectivity index (χ4n) is 1.97. The minimum absolute atomic E-state index is 1.13. The molecule has 2 nitrogen and oxygen atoms in total. The lowest BCUT2D eigenvalue weighted by atomic mass is 10.4. The Balaban J connectivity index is 3.34. The molecule has 0 aliphatic rings. The van der Waals surface area contributed by atoms with Crippen molar-refractivity contribution in [3.05, 3.63) is 54.9 Å². The summed E-state index contributed by atoms with van der Waals surface area (Å²) < 4.78 is 6.52. The van der Waals surface area contributed by atoms with E-state index in [1.807, 2.05) is 30.4 Å². The predicted molar refractivity (Wildman–Crippen MR) is 90.5 cm³/mol. The second kappa shape index (κ2) is 5.72. The topological polar surface area (TPSA) is 29.5 Å². The Morgan fingerprint density at radius 2 is 1.53 bits per heavy atom. The largest absolute Gasteiger partial charge is 0.449 e. The Labute approximate surface area is 119 Å². The highest BCUT2D eigenvalue weighted by molar-refractivity contribution is 7.43. The van der Waals surface area contributed by atoms with Crippen molar-refractivity contribution in [2.75, 3.05) is 0 Å². The first-order valence-electron chi connectivity index (χ1n) is 6.44. The Kier molecular flexibility index (Phi) is 4.92. The van der Waals surface area contributed by atoms with Gasteiger partial charge in [0.15, 0.2) is 8.32 Å². The molecule has 5 heteroatoms. The molecule has 0 saturated heterocycles.